The normalized spacial score (nSPS) is 13.1. The number of esters is 2. The number of carbonyl (C=O) groups excluding carboxylic acids is 4. The van der Waals surface area contributed by atoms with Crippen molar-refractivity contribution in [1.82, 2.24) is 0 Å². The predicted molar refractivity (Wildman–Crippen MR) is 262 cm³/mol. The fourth-order valence-electron chi connectivity index (χ4n) is 7.92. The van der Waals surface area contributed by atoms with Crippen molar-refractivity contribution in [2.75, 3.05) is 37.1 Å². The summed E-state index contributed by atoms with van der Waals surface area (Å²) in [5, 5.41) is 9.46. The molecule has 0 spiro atoms. The van der Waals surface area contributed by atoms with E-state index in [-0.39, 0.29) is 72.8 Å². The van der Waals surface area contributed by atoms with Gasteiger partial charge in [0.05, 0.1) is 32.9 Å². The number of hydrogen-bond donors (Lipinski definition) is 1. The van der Waals surface area contributed by atoms with Crippen molar-refractivity contribution in [2.45, 2.75) is 76.2 Å². The Bertz CT molecular complexity index is 2780. The van der Waals surface area contributed by atoms with E-state index in [2.05, 4.69) is 9.47 Å². The molecule has 6 aromatic rings. The van der Waals surface area contributed by atoms with Crippen LogP contribution in [-0.4, -0.2) is 56.2 Å². The lowest BCUT2D eigenvalue weighted by Gasteiger charge is -2.30. The molecule has 0 saturated carbocycles. The van der Waals surface area contributed by atoms with Crippen LogP contribution in [-0.2, 0) is 66.3 Å². The molecule has 0 fully saturated rings. The second-order valence-electron chi connectivity index (χ2n) is 16.1. The number of phenolic OH excluding ortho intramolecular Hbond substituents is 1. The van der Waals surface area contributed by atoms with Crippen molar-refractivity contribution in [3.05, 3.63) is 140 Å². The van der Waals surface area contributed by atoms with Crippen LogP contribution >= 0.6 is 34.3 Å². The maximum atomic E-state index is 13.6. The maximum absolute atomic E-state index is 13.6. The van der Waals surface area contributed by atoms with Gasteiger partial charge in [0.15, 0.2) is 0 Å². The van der Waals surface area contributed by atoms with E-state index in [1.165, 1.54) is 26.4 Å². The lowest BCUT2D eigenvalue weighted by molar-refractivity contribution is -0.142. The first-order chi connectivity index (χ1) is 33.9. The van der Waals surface area contributed by atoms with Crippen molar-refractivity contribution in [2.24, 2.45) is 0 Å². The quantitative estimate of drug-likeness (QED) is 0.0730. The Hall–Kier alpha value is -6.37. The largest absolute Gasteiger partial charge is 0.508 e. The van der Waals surface area contributed by atoms with Gasteiger partial charge < -0.3 is 29.1 Å². The summed E-state index contributed by atoms with van der Waals surface area (Å²) in [6, 6.07) is 30.4. The van der Waals surface area contributed by atoms with Crippen LogP contribution in [0.2, 0.25) is 0 Å². The molecule has 0 bridgehead atoms. The maximum Gasteiger partial charge on any atom is 0.426 e. The first-order valence-electron chi connectivity index (χ1n) is 22.3. The van der Waals surface area contributed by atoms with E-state index in [9.17, 15) is 50.6 Å². The number of fused-ring (bicyclic) bond motifs is 2. The number of methoxy groups -OCH3 is 2. The Morgan fingerprint density at radius 1 is 0.606 bits per heavy atom. The van der Waals surface area contributed by atoms with Gasteiger partial charge in [-0.05, 0) is 96.5 Å². The molecule has 0 radical (unpaired) electrons. The van der Waals surface area contributed by atoms with Crippen molar-refractivity contribution < 1.29 is 64.8 Å². The zero-order chi connectivity index (χ0) is 51.3. The van der Waals surface area contributed by atoms with Crippen molar-refractivity contribution in [1.29, 1.82) is 0 Å². The summed E-state index contributed by atoms with van der Waals surface area (Å²) >= 11 is 6.98. The third-order valence-electron chi connectivity index (χ3n) is 11.3. The van der Waals surface area contributed by atoms with Gasteiger partial charge in [-0.1, -0.05) is 60.7 Å². The Morgan fingerprint density at radius 2 is 1.06 bits per heavy atom. The fraction of sp³-hybridized carbons (Fsp3) is 0.308. The summed E-state index contributed by atoms with van der Waals surface area (Å²) in [5.41, 5.74) is 4.91. The molecule has 376 valence electrons. The molecule has 2 aliphatic rings. The number of aromatic hydroxyl groups is 1. The van der Waals surface area contributed by atoms with E-state index >= 15 is 0 Å². The number of benzene rings is 4. The molecule has 0 saturated heterocycles. The Kier molecular flexibility index (Phi) is 18.7. The van der Waals surface area contributed by atoms with E-state index < -0.39 is 28.1 Å². The number of amides is 2. The number of alkyl halides is 7. The summed E-state index contributed by atoms with van der Waals surface area (Å²) in [6.07, 6.45) is -5.23. The van der Waals surface area contributed by atoms with Crippen LogP contribution in [0.3, 0.4) is 0 Å². The highest BCUT2D eigenvalue weighted by molar-refractivity contribution is 7.13. The second-order valence-corrected chi connectivity index (χ2v) is 18.7. The molecule has 8 rings (SSSR count). The number of thiophene rings is 2. The Labute approximate surface area is 419 Å². The van der Waals surface area contributed by atoms with Crippen LogP contribution in [0.4, 0.5) is 37.7 Å². The summed E-state index contributed by atoms with van der Waals surface area (Å²) in [4.78, 5) is 50.3. The van der Waals surface area contributed by atoms with Crippen LogP contribution in [0.5, 0.6) is 11.5 Å². The number of halogens is 7. The van der Waals surface area contributed by atoms with Gasteiger partial charge in [0, 0.05) is 58.2 Å². The van der Waals surface area contributed by atoms with E-state index in [1.54, 1.807) is 101 Å². The molecule has 2 aromatic heterocycles. The zero-order valence-electron chi connectivity index (χ0n) is 38.5. The molecule has 0 atom stereocenters. The van der Waals surface area contributed by atoms with Gasteiger partial charge in [-0.25, -0.2) is 0 Å². The SMILES string of the molecule is COC(=O)CCC(=O)N1CCCc2cc(O)ccc21.COC(=O)CCC(=O)N1CCCc2cc(OCc3cc(-c4ccccc4)c(C(F)(F)F)s3)ccc21.FC(F)(F)c1sc(CCl)cc1-c1ccccc1. The van der Waals surface area contributed by atoms with Gasteiger partial charge in [0.25, 0.3) is 0 Å². The van der Waals surface area contributed by atoms with Crippen molar-refractivity contribution >= 4 is 69.4 Å². The lowest BCUT2D eigenvalue weighted by atomic mass is 10.0. The first-order valence-corrected chi connectivity index (χ1v) is 24.5. The highest BCUT2D eigenvalue weighted by Crippen LogP contribution is 2.45. The van der Waals surface area contributed by atoms with E-state index in [0.29, 0.717) is 62.4 Å². The standard InChI is InChI=1S/C26H24F3NO4S.C14H17NO4.C12H8ClF3S/c1-33-24(32)12-11-23(31)30-13-5-8-18-14-19(9-10-22(18)30)34-16-20-15-21(17-6-3-2-4-7-17)25(35-20)26(27,28)29;1-19-14(18)7-6-13(17)15-8-2-3-10-9-11(16)4-5-12(10)15;13-7-9-6-10(8-4-2-1-3-5-8)11(17-9)12(14,15)16/h2-4,6-7,9-10,14-15H,5,8,11-13,16H2,1H3;4-5,9,16H,2-3,6-8H2,1H3;1-6H,7H2. The molecule has 4 aromatic carbocycles. The molecule has 0 aliphatic carbocycles. The van der Waals surface area contributed by atoms with Crippen molar-refractivity contribution in [3.63, 3.8) is 0 Å². The van der Waals surface area contributed by atoms with Gasteiger partial charge in [-0.15, -0.1) is 34.3 Å². The number of aryl methyl sites for hydroxylation is 2. The number of nitrogens with zero attached hydrogens (tertiary/aromatic N) is 2. The minimum atomic E-state index is -4.45. The summed E-state index contributed by atoms with van der Waals surface area (Å²) < 4.78 is 94.4. The smallest absolute Gasteiger partial charge is 0.426 e. The minimum absolute atomic E-state index is 0.00113. The monoisotopic (exact) mass is 1040 g/mol. The molecule has 1 N–H and O–H groups in total. The molecular formula is C52H49ClF6N2O8S2. The van der Waals surface area contributed by atoms with Crippen LogP contribution < -0.4 is 14.5 Å². The third-order valence-corrected chi connectivity index (χ3v) is 14.0. The molecule has 10 nitrogen and oxygen atoms in total. The highest BCUT2D eigenvalue weighted by Gasteiger charge is 2.37. The number of ether oxygens (including phenoxy) is 3. The number of hydrogen-bond acceptors (Lipinski definition) is 10. The molecule has 71 heavy (non-hydrogen) atoms. The number of anilines is 2. The molecular weight excluding hydrogens is 994 g/mol. The van der Waals surface area contributed by atoms with Gasteiger partial charge in [0.2, 0.25) is 11.8 Å². The average Bonchev–Trinajstić information content (AvgIpc) is 4.03. The lowest BCUT2D eigenvalue weighted by Crippen LogP contribution is -2.35. The number of phenols is 1. The third kappa shape index (κ3) is 14.6. The molecule has 4 heterocycles. The van der Waals surface area contributed by atoms with Gasteiger partial charge in [-0.2, -0.15) is 26.3 Å². The Morgan fingerprint density at radius 3 is 1.52 bits per heavy atom. The molecule has 19 heteroatoms. The zero-order valence-corrected chi connectivity index (χ0v) is 40.9. The fourth-order valence-corrected chi connectivity index (χ4v) is 10.0. The average molecular weight is 1040 g/mol. The van der Waals surface area contributed by atoms with Crippen LogP contribution in [0.1, 0.15) is 69.2 Å². The summed E-state index contributed by atoms with van der Waals surface area (Å²) in [6.45, 7) is 1.21. The van der Waals surface area contributed by atoms with E-state index in [0.717, 1.165) is 48.2 Å². The highest BCUT2D eigenvalue weighted by atomic mass is 35.5. The van der Waals surface area contributed by atoms with Gasteiger partial charge in [-0.3, -0.25) is 19.2 Å². The van der Waals surface area contributed by atoms with Gasteiger partial charge in [0.1, 0.15) is 27.9 Å². The topological polar surface area (TPSA) is 123 Å². The van der Waals surface area contributed by atoms with Crippen molar-refractivity contribution in [3.8, 4) is 33.8 Å². The van der Waals surface area contributed by atoms with Crippen LogP contribution in [0.25, 0.3) is 22.3 Å². The molecule has 2 amide bonds. The first kappa shape index (κ1) is 54.0. The van der Waals surface area contributed by atoms with E-state index in [4.69, 9.17) is 16.3 Å². The van der Waals surface area contributed by atoms with E-state index in [1.807, 2.05) is 6.07 Å². The minimum Gasteiger partial charge on any atom is -0.508 e. The van der Waals surface area contributed by atoms with Crippen LogP contribution in [0, 0.1) is 0 Å². The summed E-state index contributed by atoms with van der Waals surface area (Å²) in [5.74, 6) is -0.221. The number of carbonyl (C=O) groups is 4. The molecule has 2 aliphatic heterocycles. The Balaban J connectivity index is 0.000000193. The van der Waals surface area contributed by atoms with Crippen LogP contribution in [0.15, 0.2) is 109 Å². The predicted octanol–water partition coefficient (Wildman–Crippen LogP) is 13.0. The number of rotatable bonds is 12. The summed E-state index contributed by atoms with van der Waals surface area (Å²) in [7, 11) is 2.60. The van der Waals surface area contributed by atoms with Gasteiger partial charge >= 0.3 is 24.3 Å². The second kappa shape index (κ2) is 24.6. The molecule has 0 unspecified atom stereocenters.